The predicted octanol–water partition coefficient (Wildman–Crippen LogP) is 1.22. The molecular formula is C11H12FNO3. The van der Waals surface area contributed by atoms with E-state index in [-0.39, 0.29) is 5.41 Å². The Morgan fingerprint density at radius 3 is 2.56 bits per heavy atom. The summed E-state index contributed by atoms with van der Waals surface area (Å²) in [6, 6.07) is 2.47. The van der Waals surface area contributed by atoms with E-state index in [9.17, 15) is 14.3 Å². The van der Waals surface area contributed by atoms with Gasteiger partial charge in [-0.25, -0.2) is 9.18 Å². The van der Waals surface area contributed by atoms with Crippen molar-refractivity contribution < 1.29 is 19.4 Å². The fourth-order valence-electron chi connectivity index (χ4n) is 1.83. The average molecular weight is 225 g/mol. The van der Waals surface area contributed by atoms with Gasteiger partial charge < -0.3 is 15.9 Å². The summed E-state index contributed by atoms with van der Waals surface area (Å²) < 4.78 is 13.3. The van der Waals surface area contributed by atoms with Gasteiger partial charge >= 0.3 is 5.97 Å². The zero-order valence-corrected chi connectivity index (χ0v) is 8.53. The second-order valence-electron chi connectivity index (χ2n) is 4.14. The van der Waals surface area contributed by atoms with Crippen LogP contribution >= 0.6 is 0 Å². The molecule has 0 unspecified atom stereocenters. The Labute approximate surface area is 91.5 Å². The van der Waals surface area contributed by atoms with E-state index in [1.54, 1.807) is 0 Å². The topological polar surface area (TPSA) is 83.5 Å². The van der Waals surface area contributed by atoms with Gasteiger partial charge in [-0.1, -0.05) is 0 Å². The number of hydrogen-bond acceptors (Lipinski definition) is 3. The van der Waals surface area contributed by atoms with Crippen molar-refractivity contribution in [1.82, 2.24) is 0 Å². The molecule has 4 N–H and O–H groups in total. The molecule has 0 heterocycles. The number of halogens is 1. The van der Waals surface area contributed by atoms with Crippen LogP contribution in [0, 0.1) is 5.82 Å². The monoisotopic (exact) mass is 225 g/mol. The summed E-state index contributed by atoms with van der Waals surface area (Å²) >= 11 is 0. The molecule has 5 heteroatoms. The van der Waals surface area contributed by atoms with Crippen molar-refractivity contribution in [3.8, 4) is 5.75 Å². The molecule has 1 aromatic carbocycles. The van der Waals surface area contributed by atoms with Crippen molar-refractivity contribution in [2.24, 2.45) is 5.73 Å². The number of carboxylic acids is 1. The molecule has 1 saturated carbocycles. The van der Waals surface area contributed by atoms with E-state index in [0.717, 1.165) is 12.8 Å². The first-order valence-corrected chi connectivity index (χ1v) is 4.96. The molecule has 0 amide bonds. The van der Waals surface area contributed by atoms with Gasteiger partial charge in [0.2, 0.25) is 0 Å². The largest absolute Gasteiger partial charge is 0.504 e. The molecule has 1 aromatic rings. The minimum absolute atomic E-state index is 0.293. The lowest BCUT2D eigenvalue weighted by Gasteiger charge is -2.14. The van der Waals surface area contributed by atoms with Crippen LogP contribution in [-0.2, 0) is 5.41 Å². The Hall–Kier alpha value is -1.62. The van der Waals surface area contributed by atoms with Gasteiger partial charge in [0, 0.05) is 12.0 Å². The first kappa shape index (κ1) is 10.9. The lowest BCUT2D eigenvalue weighted by Crippen LogP contribution is -2.20. The van der Waals surface area contributed by atoms with Gasteiger partial charge in [-0.2, -0.15) is 0 Å². The Kier molecular flexibility index (Phi) is 2.35. The third kappa shape index (κ3) is 1.53. The van der Waals surface area contributed by atoms with Crippen molar-refractivity contribution in [1.29, 1.82) is 0 Å². The highest BCUT2D eigenvalue weighted by Gasteiger charge is 2.43. The number of carboxylic acid groups (broad SMARTS) is 1. The molecule has 0 radical (unpaired) electrons. The molecule has 1 aliphatic rings. The summed E-state index contributed by atoms with van der Waals surface area (Å²) in [5.41, 5.74) is 5.44. The summed E-state index contributed by atoms with van der Waals surface area (Å²) in [7, 11) is 0. The van der Waals surface area contributed by atoms with Crippen LogP contribution in [0.25, 0.3) is 0 Å². The zero-order valence-electron chi connectivity index (χ0n) is 8.53. The van der Waals surface area contributed by atoms with Crippen LogP contribution in [0.3, 0.4) is 0 Å². The lowest BCUT2D eigenvalue weighted by molar-refractivity contribution is 0.0692. The van der Waals surface area contributed by atoms with Crippen molar-refractivity contribution in [3.63, 3.8) is 0 Å². The minimum atomic E-state index is -1.34. The summed E-state index contributed by atoms with van der Waals surface area (Å²) in [4.78, 5) is 10.8. The van der Waals surface area contributed by atoms with E-state index in [2.05, 4.69) is 0 Å². The Morgan fingerprint density at radius 2 is 2.12 bits per heavy atom. The molecule has 1 fully saturated rings. The number of rotatable bonds is 3. The normalized spacial score (nSPS) is 17.1. The van der Waals surface area contributed by atoms with Crippen LogP contribution in [0.1, 0.15) is 28.8 Å². The first-order chi connectivity index (χ1) is 7.50. The Bertz CT molecular complexity index is 455. The molecule has 2 rings (SSSR count). The standard InChI is InChI=1S/C11H12FNO3/c12-8-4-6(11(5-13)1-2-11)3-7(9(8)14)10(15)16/h3-4,14H,1-2,5,13H2,(H,15,16). The lowest BCUT2D eigenvalue weighted by atomic mass is 9.94. The summed E-state index contributed by atoms with van der Waals surface area (Å²) in [5, 5.41) is 18.1. The van der Waals surface area contributed by atoms with Crippen molar-refractivity contribution in [3.05, 3.63) is 29.1 Å². The smallest absolute Gasteiger partial charge is 0.339 e. The average Bonchev–Trinajstić information content (AvgIpc) is 3.02. The molecule has 4 nitrogen and oxygen atoms in total. The fraction of sp³-hybridized carbons (Fsp3) is 0.364. The number of aromatic carboxylic acids is 1. The van der Waals surface area contributed by atoms with Gasteiger partial charge in [-0.15, -0.1) is 0 Å². The van der Waals surface area contributed by atoms with E-state index < -0.39 is 23.1 Å². The van der Waals surface area contributed by atoms with Gasteiger partial charge in [-0.3, -0.25) is 0 Å². The molecule has 0 saturated heterocycles. The van der Waals surface area contributed by atoms with Gasteiger partial charge in [0.05, 0.1) is 0 Å². The molecule has 0 aromatic heterocycles. The highest BCUT2D eigenvalue weighted by Crippen LogP contribution is 2.48. The SMILES string of the molecule is NCC1(c2cc(F)c(O)c(C(=O)O)c2)CC1. The molecule has 0 atom stereocenters. The van der Waals surface area contributed by atoms with Crippen molar-refractivity contribution in [2.45, 2.75) is 18.3 Å². The third-order valence-corrected chi connectivity index (χ3v) is 3.15. The van der Waals surface area contributed by atoms with Crippen molar-refractivity contribution >= 4 is 5.97 Å². The molecule has 0 spiro atoms. The van der Waals surface area contributed by atoms with Crippen LogP contribution in [-0.4, -0.2) is 22.7 Å². The second kappa shape index (κ2) is 3.45. The van der Waals surface area contributed by atoms with Crippen molar-refractivity contribution in [2.75, 3.05) is 6.54 Å². The third-order valence-electron chi connectivity index (χ3n) is 3.15. The number of nitrogens with two attached hydrogens (primary N) is 1. The van der Waals surface area contributed by atoms with E-state index in [4.69, 9.17) is 10.8 Å². The molecule has 0 aliphatic heterocycles. The number of benzene rings is 1. The first-order valence-electron chi connectivity index (χ1n) is 4.96. The maximum absolute atomic E-state index is 13.3. The molecule has 1 aliphatic carbocycles. The molecule has 86 valence electrons. The minimum Gasteiger partial charge on any atom is -0.504 e. The number of aromatic hydroxyl groups is 1. The number of phenols is 1. The van der Waals surface area contributed by atoms with Gasteiger partial charge in [-0.05, 0) is 30.5 Å². The second-order valence-corrected chi connectivity index (χ2v) is 4.14. The molecule has 16 heavy (non-hydrogen) atoms. The summed E-state index contributed by atoms with van der Waals surface area (Å²) in [6.07, 6.45) is 1.65. The van der Waals surface area contributed by atoms with Gasteiger partial charge in [0.15, 0.2) is 11.6 Å². The Morgan fingerprint density at radius 1 is 1.50 bits per heavy atom. The van der Waals surface area contributed by atoms with Crippen LogP contribution in [0.5, 0.6) is 5.75 Å². The van der Waals surface area contributed by atoms with Gasteiger partial charge in [0.1, 0.15) is 5.56 Å². The molecule has 0 bridgehead atoms. The number of carbonyl (C=O) groups is 1. The molecular weight excluding hydrogens is 213 g/mol. The van der Waals surface area contributed by atoms with E-state index >= 15 is 0 Å². The highest BCUT2D eigenvalue weighted by atomic mass is 19.1. The maximum Gasteiger partial charge on any atom is 0.339 e. The summed E-state index contributed by atoms with van der Waals surface area (Å²) in [6.45, 7) is 0.357. The van der Waals surface area contributed by atoms with E-state index in [1.165, 1.54) is 12.1 Å². The van der Waals surface area contributed by atoms with Crippen LogP contribution in [0.4, 0.5) is 4.39 Å². The van der Waals surface area contributed by atoms with E-state index in [0.29, 0.717) is 12.1 Å². The maximum atomic E-state index is 13.3. The highest BCUT2D eigenvalue weighted by molar-refractivity contribution is 5.91. The van der Waals surface area contributed by atoms with E-state index in [1.807, 2.05) is 0 Å². The Balaban J connectivity index is 2.53. The van der Waals surface area contributed by atoms with Crippen LogP contribution < -0.4 is 5.73 Å². The van der Waals surface area contributed by atoms with Gasteiger partial charge in [0.25, 0.3) is 0 Å². The van der Waals surface area contributed by atoms with Crippen LogP contribution in [0.2, 0.25) is 0 Å². The van der Waals surface area contributed by atoms with Crippen LogP contribution in [0.15, 0.2) is 12.1 Å². The zero-order chi connectivity index (χ0) is 11.9. The quantitative estimate of drug-likeness (QED) is 0.722. The fourth-order valence-corrected chi connectivity index (χ4v) is 1.83. The number of hydrogen-bond donors (Lipinski definition) is 3. The predicted molar refractivity (Wildman–Crippen MR) is 55.0 cm³/mol. The summed E-state index contributed by atoms with van der Waals surface area (Å²) in [5.74, 6) is -3.07.